The first-order valence-corrected chi connectivity index (χ1v) is 10.9. The fourth-order valence-corrected chi connectivity index (χ4v) is 4.62. The van der Waals surface area contributed by atoms with Gasteiger partial charge in [-0.2, -0.15) is 0 Å². The Bertz CT molecular complexity index is 1070. The standard InChI is InChI=1S/C21H22N4O5S/c1-11-20(31-24-23-11)19(28)17-5-3-4-13-8-14(6-7-16(13)18(17)27)25-10-15(30-21(25)29)9-22-12(2)26/h6-8,15,17H,3-5,9-10H2,1-2H3,(H,22,26)/t15-,17?/m0/s1. The van der Waals surface area contributed by atoms with E-state index in [0.717, 1.165) is 17.1 Å². The van der Waals surface area contributed by atoms with Crippen molar-refractivity contribution in [2.75, 3.05) is 18.0 Å². The smallest absolute Gasteiger partial charge is 0.414 e. The van der Waals surface area contributed by atoms with Crippen molar-refractivity contribution < 1.29 is 23.9 Å². The molecule has 1 aromatic heterocycles. The van der Waals surface area contributed by atoms with Crippen LogP contribution in [-0.2, 0) is 16.0 Å². The molecule has 0 spiro atoms. The molecule has 0 saturated carbocycles. The van der Waals surface area contributed by atoms with E-state index >= 15 is 0 Å². The van der Waals surface area contributed by atoms with Crippen molar-refractivity contribution in [2.24, 2.45) is 5.92 Å². The molecule has 1 unspecified atom stereocenters. The molecular formula is C21H22N4O5S. The number of carbonyl (C=O) groups excluding carboxylic acids is 4. The van der Waals surface area contributed by atoms with E-state index in [2.05, 4.69) is 14.9 Å². The van der Waals surface area contributed by atoms with Crippen LogP contribution in [0.4, 0.5) is 10.5 Å². The van der Waals surface area contributed by atoms with Gasteiger partial charge in [0.15, 0.2) is 11.6 Å². The Hall–Kier alpha value is -3.14. The Balaban J connectivity index is 1.54. The molecule has 2 amide bonds. The lowest BCUT2D eigenvalue weighted by molar-refractivity contribution is -0.119. The Labute approximate surface area is 182 Å². The molecule has 1 saturated heterocycles. The second kappa shape index (κ2) is 8.54. The number of hydrogen-bond donors (Lipinski definition) is 1. The summed E-state index contributed by atoms with van der Waals surface area (Å²) in [6, 6.07) is 5.21. The molecule has 4 rings (SSSR count). The van der Waals surface area contributed by atoms with Crippen molar-refractivity contribution >= 4 is 40.8 Å². The summed E-state index contributed by atoms with van der Waals surface area (Å²) < 4.78 is 9.13. The average Bonchev–Trinajstić information content (AvgIpc) is 3.29. The molecule has 2 aliphatic rings. The number of benzene rings is 1. The summed E-state index contributed by atoms with van der Waals surface area (Å²) in [7, 11) is 0. The number of anilines is 1. The summed E-state index contributed by atoms with van der Waals surface area (Å²) in [6.45, 7) is 3.68. The van der Waals surface area contributed by atoms with Gasteiger partial charge in [-0.1, -0.05) is 4.49 Å². The van der Waals surface area contributed by atoms with Gasteiger partial charge in [0.05, 0.1) is 24.7 Å². The Morgan fingerprint density at radius 1 is 1.32 bits per heavy atom. The van der Waals surface area contributed by atoms with Crippen molar-refractivity contribution in [3.63, 3.8) is 0 Å². The number of ether oxygens (including phenoxy) is 1. The van der Waals surface area contributed by atoms with Gasteiger partial charge in [0.2, 0.25) is 5.91 Å². The van der Waals surface area contributed by atoms with Crippen molar-refractivity contribution in [1.29, 1.82) is 0 Å². The maximum Gasteiger partial charge on any atom is 0.414 e. The predicted molar refractivity (Wildman–Crippen MR) is 112 cm³/mol. The third-order valence-corrected chi connectivity index (χ3v) is 6.41. The number of nitrogens with zero attached hydrogens (tertiary/aromatic N) is 3. The van der Waals surface area contributed by atoms with E-state index in [9.17, 15) is 19.2 Å². The van der Waals surface area contributed by atoms with Gasteiger partial charge in [0, 0.05) is 18.2 Å². The minimum absolute atomic E-state index is 0.188. The zero-order valence-corrected chi connectivity index (χ0v) is 18.0. The van der Waals surface area contributed by atoms with E-state index in [1.807, 2.05) is 6.07 Å². The van der Waals surface area contributed by atoms with Crippen LogP contribution >= 0.6 is 11.5 Å². The number of ketones is 2. The van der Waals surface area contributed by atoms with Crippen molar-refractivity contribution in [2.45, 2.75) is 39.2 Å². The number of hydrogen-bond acceptors (Lipinski definition) is 8. The summed E-state index contributed by atoms with van der Waals surface area (Å²) >= 11 is 1.02. The van der Waals surface area contributed by atoms with Crippen LogP contribution in [-0.4, -0.2) is 52.3 Å². The molecule has 0 radical (unpaired) electrons. The molecule has 1 aliphatic carbocycles. The van der Waals surface area contributed by atoms with Gasteiger partial charge < -0.3 is 10.1 Å². The molecule has 1 aliphatic heterocycles. The third-order valence-electron chi connectivity index (χ3n) is 5.57. The lowest BCUT2D eigenvalue weighted by atomic mass is 9.90. The molecular weight excluding hydrogens is 420 g/mol. The average molecular weight is 442 g/mol. The van der Waals surface area contributed by atoms with Crippen molar-refractivity contribution in [1.82, 2.24) is 14.9 Å². The second-order valence-corrected chi connectivity index (χ2v) is 8.51. The van der Waals surface area contributed by atoms with Crippen LogP contribution in [0.1, 0.15) is 51.1 Å². The fraction of sp³-hybridized carbons (Fsp3) is 0.429. The molecule has 1 N–H and O–H groups in total. The molecule has 1 aromatic carbocycles. The third kappa shape index (κ3) is 4.20. The molecule has 1 fully saturated rings. The highest BCUT2D eigenvalue weighted by atomic mass is 32.1. The van der Waals surface area contributed by atoms with Crippen LogP contribution in [0, 0.1) is 12.8 Å². The SMILES string of the molecule is CC(=O)NC[C@H]1CN(c2ccc3c(c2)CCCC(C(=O)c2snnc2C)C3=O)C(=O)O1. The fourth-order valence-electron chi connectivity index (χ4n) is 3.97. The number of aryl methyl sites for hydroxylation is 2. The van der Waals surface area contributed by atoms with Crippen LogP contribution in [0.25, 0.3) is 0 Å². The Morgan fingerprint density at radius 2 is 2.13 bits per heavy atom. The second-order valence-electron chi connectivity index (χ2n) is 7.76. The first-order chi connectivity index (χ1) is 14.8. The Morgan fingerprint density at radius 3 is 2.84 bits per heavy atom. The number of rotatable bonds is 5. The van der Waals surface area contributed by atoms with Gasteiger partial charge in [-0.15, -0.1) is 5.10 Å². The highest BCUT2D eigenvalue weighted by Crippen LogP contribution is 2.32. The van der Waals surface area contributed by atoms with Gasteiger partial charge in [-0.3, -0.25) is 19.3 Å². The monoisotopic (exact) mass is 442 g/mol. The summed E-state index contributed by atoms with van der Waals surface area (Å²) in [5, 5.41) is 6.53. The number of Topliss-reactive ketones (excluding diaryl/α,β-unsaturated/α-hetero) is 2. The quantitative estimate of drug-likeness (QED) is 0.429. The zero-order chi connectivity index (χ0) is 22.1. The van der Waals surface area contributed by atoms with Gasteiger partial charge in [-0.05, 0) is 61.5 Å². The number of amides is 2. The van der Waals surface area contributed by atoms with E-state index in [-0.39, 0.29) is 24.0 Å². The topological polar surface area (TPSA) is 119 Å². The first-order valence-electron chi connectivity index (χ1n) is 10.1. The highest BCUT2D eigenvalue weighted by molar-refractivity contribution is 7.08. The number of carbonyl (C=O) groups is 4. The summed E-state index contributed by atoms with van der Waals surface area (Å²) in [5.41, 5.74) is 2.50. The highest BCUT2D eigenvalue weighted by Gasteiger charge is 2.36. The van der Waals surface area contributed by atoms with Crippen LogP contribution in [0.5, 0.6) is 0 Å². The molecule has 162 valence electrons. The van der Waals surface area contributed by atoms with Crippen LogP contribution in [0.2, 0.25) is 0 Å². The van der Waals surface area contributed by atoms with Crippen molar-refractivity contribution in [3.05, 3.63) is 39.9 Å². The van der Waals surface area contributed by atoms with Gasteiger partial charge in [-0.25, -0.2) is 4.79 Å². The molecule has 10 heteroatoms. The van der Waals surface area contributed by atoms with Crippen LogP contribution in [0.3, 0.4) is 0 Å². The predicted octanol–water partition coefficient (Wildman–Crippen LogP) is 2.33. The molecule has 0 bridgehead atoms. The van der Waals surface area contributed by atoms with Gasteiger partial charge >= 0.3 is 6.09 Å². The molecule has 9 nitrogen and oxygen atoms in total. The Kier molecular flexibility index (Phi) is 5.81. The minimum atomic E-state index is -0.744. The number of cyclic esters (lactones) is 1. The van der Waals surface area contributed by atoms with E-state index in [4.69, 9.17) is 4.74 Å². The molecule has 2 atom stereocenters. The molecule has 31 heavy (non-hydrogen) atoms. The zero-order valence-electron chi connectivity index (χ0n) is 17.2. The normalized spacial score (nSPS) is 20.8. The number of aromatic nitrogens is 2. The first kappa shape index (κ1) is 21.1. The van der Waals surface area contributed by atoms with Gasteiger partial charge in [0.1, 0.15) is 11.0 Å². The van der Waals surface area contributed by atoms with E-state index in [1.54, 1.807) is 19.1 Å². The van der Waals surface area contributed by atoms with E-state index < -0.39 is 18.1 Å². The number of nitrogens with one attached hydrogen (secondary N) is 1. The number of fused-ring (bicyclic) bond motifs is 1. The summed E-state index contributed by atoms with van der Waals surface area (Å²) in [4.78, 5) is 51.4. The van der Waals surface area contributed by atoms with E-state index in [0.29, 0.717) is 47.6 Å². The van der Waals surface area contributed by atoms with E-state index in [1.165, 1.54) is 11.8 Å². The summed E-state index contributed by atoms with van der Waals surface area (Å²) in [5.74, 6) is -1.36. The maximum absolute atomic E-state index is 13.2. The van der Waals surface area contributed by atoms with Gasteiger partial charge in [0.25, 0.3) is 0 Å². The molecule has 2 aromatic rings. The van der Waals surface area contributed by atoms with Crippen LogP contribution in [0.15, 0.2) is 18.2 Å². The molecule has 2 heterocycles. The maximum atomic E-state index is 13.2. The van der Waals surface area contributed by atoms with Crippen LogP contribution < -0.4 is 10.2 Å². The minimum Gasteiger partial charge on any atom is -0.442 e. The lowest BCUT2D eigenvalue weighted by Gasteiger charge is -2.16. The lowest BCUT2D eigenvalue weighted by Crippen LogP contribution is -2.33. The summed E-state index contributed by atoms with van der Waals surface area (Å²) in [6.07, 6.45) is 0.853. The largest absolute Gasteiger partial charge is 0.442 e. The van der Waals surface area contributed by atoms with Crippen molar-refractivity contribution in [3.8, 4) is 0 Å².